The highest BCUT2D eigenvalue weighted by Crippen LogP contribution is 2.43. The van der Waals surface area contributed by atoms with E-state index >= 15 is 0 Å². The van der Waals surface area contributed by atoms with E-state index in [4.69, 9.17) is 0 Å². The lowest BCUT2D eigenvalue weighted by Crippen LogP contribution is -2.67. The van der Waals surface area contributed by atoms with Crippen molar-refractivity contribution in [3.8, 4) is 0 Å². The Bertz CT molecular complexity index is 486. The Labute approximate surface area is 129 Å². The predicted molar refractivity (Wildman–Crippen MR) is 85.1 cm³/mol. The van der Waals surface area contributed by atoms with Crippen molar-refractivity contribution in [2.75, 3.05) is 19.7 Å². The summed E-state index contributed by atoms with van der Waals surface area (Å²) in [6.07, 6.45) is 4.58. The van der Waals surface area contributed by atoms with Crippen LogP contribution in [0.25, 0.3) is 0 Å². The maximum absolute atomic E-state index is 9.81. The summed E-state index contributed by atoms with van der Waals surface area (Å²) in [5.41, 5.74) is 1.37. The fourth-order valence-electron chi connectivity index (χ4n) is 4.24. The molecule has 20 heavy (non-hydrogen) atoms. The van der Waals surface area contributed by atoms with Gasteiger partial charge < -0.3 is 9.59 Å². The van der Waals surface area contributed by atoms with Gasteiger partial charge in [0.05, 0.1) is 19.7 Å². The van der Waals surface area contributed by atoms with Crippen molar-refractivity contribution in [1.29, 1.82) is 0 Å². The molecular weight excluding hydrogens is 314 g/mol. The van der Waals surface area contributed by atoms with Crippen molar-refractivity contribution < 1.29 is 9.59 Å². The highest BCUT2D eigenvalue weighted by atomic mass is 79.9. The molecule has 4 rings (SSSR count). The molecule has 3 heterocycles. The molecule has 3 heteroatoms. The molecule has 3 aliphatic rings. The van der Waals surface area contributed by atoms with Gasteiger partial charge in [0, 0.05) is 28.8 Å². The van der Waals surface area contributed by atoms with Gasteiger partial charge in [-0.2, -0.15) is 0 Å². The lowest BCUT2D eigenvalue weighted by atomic mass is 9.73. The Balaban J connectivity index is 1.86. The number of nitrogens with zero attached hydrogens (tertiary/aromatic N) is 1. The average Bonchev–Trinajstić information content (AvgIpc) is 2.49. The normalized spacial score (nSPS) is 36.0. The number of rotatable bonds is 4. The van der Waals surface area contributed by atoms with Gasteiger partial charge in [0.25, 0.3) is 0 Å². The molecule has 1 aromatic rings. The Morgan fingerprint density at radius 1 is 1.35 bits per heavy atom. The molecule has 3 aliphatic heterocycles. The lowest BCUT2D eigenvalue weighted by Gasteiger charge is -2.56. The van der Waals surface area contributed by atoms with Crippen molar-refractivity contribution in [1.82, 2.24) is 0 Å². The minimum atomic E-state index is 0.316. The minimum Gasteiger partial charge on any atom is -0.390 e. The molecule has 0 aromatic heterocycles. The summed E-state index contributed by atoms with van der Waals surface area (Å²) in [6.45, 7) is 7.73. The summed E-state index contributed by atoms with van der Waals surface area (Å²) in [4.78, 5) is 0. The molecule has 3 fully saturated rings. The second-order valence-corrected chi connectivity index (χ2v) is 7.35. The van der Waals surface area contributed by atoms with E-state index in [1.165, 1.54) is 18.5 Å². The number of aliphatic hydroxyl groups excluding tert-OH is 1. The first kappa shape index (κ1) is 14.3. The fraction of sp³-hybridized carbons (Fsp3) is 0.529. The summed E-state index contributed by atoms with van der Waals surface area (Å²) in [5.74, 6) is 1.37. The highest BCUT2D eigenvalue weighted by Gasteiger charge is 2.50. The van der Waals surface area contributed by atoms with Crippen LogP contribution in [0.15, 0.2) is 41.4 Å². The monoisotopic (exact) mass is 336 g/mol. The quantitative estimate of drug-likeness (QED) is 0.660. The van der Waals surface area contributed by atoms with Crippen LogP contribution in [-0.2, 0) is 6.54 Å². The third-order valence-electron chi connectivity index (χ3n) is 5.40. The van der Waals surface area contributed by atoms with Gasteiger partial charge in [0.15, 0.2) is 0 Å². The largest absolute Gasteiger partial charge is 0.390 e. The SMILES string of the molecule is C=C[C@H]1C[N+]2(Cc3ccc(Br)cc3)CCC1C[C@H]2CO. The summed E-state index contributed by atoms with van der Waals surface area (Å²) in [7, 11) is 0. The second kappa shape index (κ2) is 5.63. The summed E-state index contributed by atoms with van der Waals surface area (Å²) < 4.78 is 2.17. The van der Waals surface area contributed by atoms with Gasteiger partial charge in [-0.1, -0.05) is 34.1 Å². The molecule has 3 saturated heterocycles. The first-order valence-electron chi connectivity index (χ1n) is 7.50. The number of fused-ring (bicyclic) bond motifs is 3. The third kappa shape index (κ3) is 2.47. The Kier molecular flexibility index (Phi) is 4.02. The first-order chi connectivity index (χ1) is 9.66. The lowest BCUT2D eigenvalue weighted by molar-refractivity contribution is -0.981. The Morgan fingerprint density at radius 3 is 2.75 bits per heavy atom. The van der Waals surface area contributed by atoms with Crippen LogP contribution >= 0.6 is 15.9 Å². The zero-order valence-electron chi connectivity index (χ0n) is 11.8. The van der Waals surface area contributed by atoms with Crippen molar-refractivity contribution in [2.45, 2.75) is 25.4 Å². The van der Waals surface area contributed by atoms with Gasteiger partial charge in [-0.3, -0.25) is 0 Å². The number of benzene rings is 1. The van der Waals surface area contributed by atoms with Crippen LogP contribution in [0, 0.1) is 11.8 Å². The standard InChI is InChI=1S/C17H23BrNO/c1-2-14-11-19(8-7-15(14)9-17(19)12-20)10-13-3-5-16(18)6-4-13/h2-6,14-15,17,20H,1,7-12H2/q+1/t14-,15?,17-,19?/m0/s1. The van der Waals surface area contributed by atoms with Crippen LogP contribution in [0.2, 0.25) is 0 Å². The maximum atomic E-state index is 9.81. The number of aliphatic hydroxyl groups is 1. The first-order valence-corrected chi connectivity index (χ1v) is 8.30. The van der Waals surface area contributed by atoms with Crippen LogP contribution in [0.1, 0.15) is 18.4 Å². The van der Waals surface area contributed by atoms with Crippen molar-refractivity contribution in [3.05, 3.63) is 47.0 Å². The smallest absolute Gasteiger partial charge is 0.113 e. The van der Waals surface area contributed by atoms with Gasteiger partial charge in [0.1, 0.15) is 12.6 Å². The zero-order valence-corrected chi connectivity index (χ0v) is 13.4. The van der Waals surface area contributed by atoms with Gasteiger partial charge in [-0.25, -0.2) is 0 Å². The van der Waals surface area contributed by atoms with Crippen molar-refractivity contribution in [3.63, 3.8) is 0 Å². The molecule has 0 radical (unpaired) electrons. The van der Waals surface area contributed by atoms with E-state index in [0.717, 1.165) is 34.4 Å². The fourth-order valence-corrected chi connectivity index (χ4v) is 4.50. The second-order valence-electron chi connectivity index (χ2n) is 6.43. The molecule has 4 atom stereocenters. The summed E-state index contributed by atoms with van der Waals surface area (Å²) >= 11 is 3.50. The van der Waals surface area contributed by atoms with Gasteiger partial charge in [-0.15, -0.1) is 6.58 Å². The molecule has 2 unspecified atom stereocenters. The highest BCUT2D eigenvalue weighted by molar-refractivity contribution is 9.10. The van der Waals surface area contributed by atoms with E-state index in [9.17, 15) is 5.11 Å². The van der Waals surface area contributed by atoms with E-state index in [2.05, 4.69) is 52.9 Å². The van der Waals surface area contributed by atoms with Gasteiger partial charge in [0.2, 0.25) is 0 Å². The van der Waals surface area contributed by atoms with Gasteiger partial charge in [-0.05, 0) is 18.1 Å². The third-order valence-corrected chi connectivity index (χ3v) is 5.93. The zero-order chi connectivity index (χ0) is 14.2. The minimum absolute atomic E-state index is 0.316. The molecule has 0 saturated carbocycles. The number of quaternary nitrogens is 1. The molecule has 0 amide bonds. The summed E-state index contributed by atoms with van der Waals surface area (Å²) in [5, 5.41) is 9.81. The molecular formula is C17H23BrNO+. The molecule has 108 valence electrons. The Morgan fingerprint density at radius 2 is 2.10 bits per heavy atom. The van der Waals surface area contributed by atoms with Crippen molar-refractivity contribution >= 4 is 15.9 Å². The topological polar surface area (TPSA) is 20.2 Å². The van der Waals surface area contributed by atoms with Crippen LogP contribution in [0.3, 0.4) is 0 Å². The van der Waals surface area contributed by atoms with Crippen LogP contribution in [0.5, 0.6) is 0 Å². The van der Waals surface area contributed by atoms with E-state index in [0.29, 0.717) is 18.6 Å². The van der Waals surface area contributed by atoms with Crippen LogP contribution < -0.4 is 0 Å². The average molecular weight is 337 g/mol. The molecule has 0 aliphatic carbocycles. The molecule has 1 N–H and O–H groups in total. The number of halogens is 1. The van der Waals surface area contributed by atoms with E-state index in [-0.39, 0.29) is 0 Å². The number of piperidine rings is 3. The number of hydrogen-bond acceptors (Lipinski definition) is 1. The van der Waals surface area contributed by atoms with E-state index in [1.54, 1.807) is 0 Å². The van der Waals surface area contributed by atoms with Crippen molar-refractivity contribution in [2.24, 2.45) is 11.8 Å². The van der Waals surface area contributed by atoms with E-state index < -0.39 is 0 Å². The van der Waals surface area contributed by atoms with Crippen LogP contribution in [0.4, 0.5) is 0 Å². The molecule has 2 nitrogen and oxygen atoms in total. The molecule has 0 spiro atoms. The maximum Gasteiger partial charge on any atom is 0.113 e. The number of hydrogen-bond donors (Lipinski definition) is 1. The van der Waals surface area contributed by atoms with Crippen LogP contribution in [-0.4, -0.2) is 35.3 Å². The molecule has 1 aromatic carbocycles. The van der Waals surface area contributed by atoms with E-state index in [1.807, 2.05) is 0 Å². The Hall–Kier alpha value is -0.640. The predicted octanol–water partition coefficient (Wildman–Crippen LogP) is 3.35. The summed E-state index contributed by atoms with van der Waals surface area (Å²) in [6, 6.07) is 9.05. The molecule has 2 bridgehead atoms. The van der Waals surface area contributed by atoms with Gasteiger partial charge >= 0.3 is 0 Å².